The molecule has 0 atom stereocenters. The molecule has 0 aliphatic heterocycles. The summed E-state index contributed by atoms with van der Waals surface area (Å²) in [6, 6.07) is 27.8. The number of aliphatic imine (C=N–C) groups is 1. The number of imidazole rings is 1. The summed E-state index contributed by atoms with van der Waals surface area (Å²) in [5.41, 5.74) is 2.81. The zero-order valence-corrected chi connectivity index (χ0v) is 30.7. The summed E-state index contributed by atoms with van der Waals surface area (Å²) in [7, 11) is 1.62. The highest BCUT2D eigenvalue weighted by Crippen LogP contribution is 2.41. The van der Waals surface area contributed by atoms with Crippen LogP contribution in [0.3, 0.4) is 0 Å². The maximum Gasteiger partial charge on any atom is 0.323 e. The molecule has 6 rings (SSSR count). The molecule has 278 valence electrons. The van der Waals surface area contributed by atoms with Crippen LogP contribution in [0.2, 0.25) is 0 Å². The van der Waals surface area contributed by atoms with Crippen LogP contribution in [0, 0.1) is 5.41 Å². The number of aliphatic hydroxyl groups is 1. The standard InChI is InChI=1S/C41H43N7O6/c1-27(36-32(49)21-40(2,3)22-33(36)50)42-19-20-47(24-35(52)53)34(51)23-48-26-45-37-38(43-25-44-39(37)48)46-41(28-11-7-5-8-12-28,29-13-9-6-10-14-29)30-15-17-31(54-4)18-16-30/h5-18,25-26,49H,19-24H2,1-4H3,(H,52,53)(H,43,44,46). The first-order valence-electron chi connectivity index (χ1n) is 17.6. The molecule has 13 heteroatoms. The van der Waals surface area contributed by atoms with E-state index in [0.717, 1.165) is 16.7 Å². The van der Waals surface area contributed by atoms with E-state index in [1.807, 2.05) is 98.8 Å². The largest absolute Gasteiger partial charge is 0.511 e. The first-order valence-corrected chi connectivity index (χ1v) is 17.6. The number of amides is 1. The fraction of sp³-hybridized carbons (Fsp3) is 0.293. The maximum absolute atomic E-state index is 13.7. The summed E-state index contributed by atoms with van der Waals surface area (Å²) in [6.45, 7) is 4.67. The Morgan fingerprint density at radius 1 is 0.944 bits per heavy atom. The summed E-state index contributed by atoms with van der Waals surface area (Å²) < 4.78 is 7.02. The van der Waals surface area contributed by atoms with Crippen molar-refractivity contribution in [1.82, 2.24) is 24.4 Å². The molecule has 0 saturated carbocycles. The van der Waals surface area contributed by atoms with Crippen LogP contribution >= 0.6 is 0 Å². The number of allylic oxidation sites excluding steroid dienone is 2. The van der Waals surface area contributed by atoms with Crippen molar-refractivity contribution >= 4 is 40.4 Å². The third-order valence-corrected chi connectivity index (χ3v) is 9.56. The predicted molar refractivity (Wildman–Crippen MR) is 205 cm³/mol. The van der Waals surface area contributed by atoms with Gasteiger partial charge in [0.25, 0.3) is 0 Å². The van der Waals surface area contributed by atoms with E-state index in [1.54, 1.807) is 18.6 Å². The van der Waals surface area contributed by atoms with Gasteiger partial charge in [0.1, 0.15) is 42.0 Å². The van der Waals surface area contributed by atoms with Crippen molar-refractivity contribution in [1.29, 1.82) is 0 Å². The van der Waals surface area contributed by atoms with Gasteiger partial charge in [0.15, 0.2) is 17.2 Å². The smallest absolute Gasteiger partial charge is 0.323 e. The van der Waals surface area contributed by atoms with E-state index in [1.165, 1.54) is 17.6 Å². The number of hydrogen-bond donors (Lipinski definition) is 3. The molecule has 0 saturated heterocycles. The van der Waals surface area contributed by atoms with Crippen molar-refractivity contribution in [3.8, 4) is 5.75 Å². The zero-order valence-electron chi connectivity index (χ0n) is 30.7. The van der Waals surface area contributed by atoms with E-state index in [2.05, 4.69) is 25.3 Å². The van der Waals surface area contributed by atoms with Gasteiger partial charge in [-0.15, -0.1) is 0 Å². The minimum absolute atomic E-state index is 0.00687. The minimum atomic E-state index is -1.19. The number of carboxylic acids is 1. The third kappa shape index (κ3) is 7.85. The van der Waals surface area contributed by atoms with Crippen LogP contribution in [0.5, 0.6) is 5.75 Å². The summed E-state index contributed by atoms with van der Waals surface area (Å²) in [5.74, 6) is -0.750. The number of anilines is 1. The van der Waals surface area contributed by atoms with Crippen molar-refractivity contribution in [3.05, 3.63) is 126 Å². The highest BCUT2D eigenvalue weighted by molar-refractivity contribution is 6.22. The quantitative estimate of drug-likeness (QED) is 0.0935. The van der Waals surface area contributed by atoms with E-state index in [-0.39, 0.29) is 48.6 Å². The number of aliphatic carboxylic acids is 1. The minimum Gasteiger partial charge on any atom is -0.511 e. The molecule has 1 aliphatic carbocycles. The number of rotatable bonds is 14. The number of methoxy groups -OCH3 is 1. The molecule has 2 heterocycles. The number of aliphatic hydroxyl groups excluding tert-OH is 1. The number of ketones is 1. The van der Waals surface area contributed by atoms with E-state index in [9.17, 15) is 24.6 Å². The molecule has 13 nitrogen and oxygen atoms in total. The number of nitrogens with zero attached hydrogens (tertiary/aromatic N) is 6. The average molecular weight is 730 g/mol. The van der Waals surface area contributed by atoms with Crippen LogP contribution in [-0.4, -0.2) is 84.7 Å². The van der Waals surface area contributed by atoms with Gasteiger partial charge in [0, 0.05) is 25.1 Å². The Bertz CT molecular complexity index is 2170. The van der Waals surface area contributed by atoms with Gasteiger partial charge in [-0.05, 0) is 41.2 Å². The van der Waals surface area contributed by atoms with Crippen LogP contribution in [0.25, 0.3) is 11.2 Å². The van der Waals surface area contributed by atoms with Gasteiger partial charge in [-0.25, -0.2) is 15.0 Å². The highest BCUT2D eigenvalue weighted by Gasteiger charge is 2.38. The van der Waals surface area contributed by atoms with Crippen LogP contribution in [0.1, 0.15) is 50.3 Å². The number of carboxylic acid groups (broad SMARTS) is 1. The predicted octanol–water partition coefficient (Wildman–Crippen LogP) is 5.81. The van der Waals surface area contributed by atoms with Crippen molar-refractivity contribution in [2.45, 2.75) is 45.7 Å². The molecule has 3 N–H and O–H groups in total. The molecule has 0 fully saturated rings. The first-order chi connectivity index (χ1) is 25.9. The van der Waals surface area contributed by atoms with E-state index in [0.29, 0.717) is 34.9 Å². The molecular weight excluding hydrogens is 686 g/mol. The molecule has 1 amide bonds. The van der Waals surface area contributed by atoms with E-state index >= 15 is 0 Å². The van der Waals surface area contributed by atoms with E-state index < -0.39 is 24.0 Å². The molecule has 1 aliphatic rings. The van der Waals surface area contributed by atoms with Crippen molar-refractivity contribution < 1.29 is 29.3 Å². The molecular formula is C41H43N7O6. The lowest BCUT2D eigenvalue weighted by Crippen LogP contribution is -2.39. The number of fused-ring (bicyclic) bond motifs is 1. The average Bonchev–Trinajstić information content (AvgIpc) is 3.56. The molecule has 0 bridgehead atoms. The lowest BCUT2D eigenvalue weighted by molar-refractivity contribution is -0.144. The lowest BCUT2D eigenvalue weighted by Gasteiger charge is -2.37. The number of nitrogens with one attached hydrogen (secondary N) is 1. The highest BCUT2D eigenvalue weighted by atomic mass is 16.5. The van der Waals surface area contributed by atoms with Crippen LogP contribution in [-0.2, 0) is 26.5 Å². The Labute approximate surface area is 313 Å². The van der Waals surface area contributed by atoms with Gasteiger partial charge in [0.05, 0.1) is 25.6 Å². The summed E-state index contributed by atoms with van der Waals surface area (Å²) in [4.78, 5) is 57.6. The van der Waals surface area contributed by atoms with Gasteiger partial charge >= 0.3 is 5.97 Å². The number of Topliss-reactive ketones (excluding diaryl/α,β-unsaturated/α-hetero) is 1. The second kappa shape index (κ2) is 15.7. The van der Waals surface area contributed by atoms with E-state index in [4.69, 9.17) is 4.74 Å². The van der Waals surface area contributed by atoms with Crippen molar-refractivity contribution in [3.63, 3.8) is 0 Å². The number of carbonyl (C=O) groups is 3. The second-order valence-electron chi connectivity index (χ2n) is 14.0. The summed E-state index contributed by atoms with van der Waals surface area (Å²) in [5, 5.41) is 23.9. The van der Waals surface area contributed by atoms with Crippen molar-refractivity contribution in [2.24, 2.45) is 10.4 Å². The van der Waals surface area contributed by atoms with Gasteiger partial charge < -0.3 is 29.7 Å². The van der Waals surface area contributed by atoms with Crippen LogP contribution < -0.4 is 10.1 Å². The normalized spacial score (nSPS) is 14.6. The summed E-state index contributed by atoms with van der Waals surface area (Å²) >= 11 is 0. The Balaban J connectivity index is 1.30. The van der Waals surface area contributed by atoms with Crippen LogP contribution in [0.4, 0.5) is 5.82 Å². The molecule has 2 aromatic heterocycles. The Hall–Kier alpha value is -6.37. The molecule has 54 heavy (non-hydrogen) atoms. The third-order valence-electron chi connectivity index (χ3n) is 9.56. The molecule has 0 radical (unpaired) electrons. The number of aromatic nitrogens is 4. The van der Waals surface area contributed by atoms with Crippen molar-refractivity contribution in [2.75, 3.05) is 32.1 Å². The monoisotopic (exact) mass is 729 g/mol. The van der Waals surface area contributed by atoms with Crippen LogP contribution in [0.15, 0.2) is 114 Å². The Morgan fingerprint density at radius 2 is 1.57 bits per heavy atom. The molecule has 5 aromatic rings. The lowest BCUT2D eigenvalue weighted by atomic mass is 9.76. The fourth-order valence-corrected chi connectivity index (χ4v) is 7.02. The Kier molecular flexibility index (Phi) is 10.9. The zero-order chi connectivity index (χ0) is 38.5. The number of carbonyl (C=O) groups excluding carboxylic acids is 2. The SMILES string of the molecule is COc1ccc(C(Nc2ncnc3c2ncn3CC(=O)N(CCN=C(C)C2=C(O)CC(C)(C)CC2=O)CC(=O)O)(c2ccccc2)c2ccccc2)cc1. The fourth-order valence-electron chi connectivity index (χ4n) is 7.02. The topological polar surface area (TPSA) is 172 Å². The first kappa shape index (κ1) is 37.4. The molecule has 3 aromatic carbocycles. The molecule has 0 spiro atoms. The number of benzene rings is 3. The number of ether oxygens (including phenoxy) is 1. The Morgan fingerprint density at radius 3 is 2.17 bits per heavy atom. The van der Waals surface area contributed by atoms with Gasteiger partial charge in [0.2, 0.25) is 5.91 Å². The number of hydrogen-bond acceptors (Lipinski definition) is 10. The summed E-state index contributed by atoms with van der Waals surface area (Å²) in [6.07, 6.45) is 3.51. The van der Waals surface area contributed by atoms with Gasteiger partial charge in [-0.1, -0.05) is 86.6 Å². The van der Waals surface area contributed by atoms with Gasteiger partial charge in [-0.2, -0.15) is 0 Å². The van der Waals surface area contributed by atoms with Gasteiger partial charge in [-0.3, -0.25) is 19.4 Å². The molecule has 0 unspecified atom stereocenters. The second-order valence-corrected chi connectivity index (χ2v) is 14.0. The maximum atomic E-state index is 13.7.